The van der Waals surface area contributed by atoms with Crippen molar-refractivity contribution < 1.29 is 308 Å². The number of allylic oxidation sites excluding steroid dienone is 7. The average Bonchev–Trinajstić information content (AvgIpc) is 0.900. The molecule has 0 amide bonds. The fourth-order valence-electron chi connectivity index (χ4n) is 24.8. The van der Waals surface area contributed by atoms with Crippen molar-refractivity contribution in [3.05, 3.63) is 120 Å². The van der Waals surface area contributed by atoms with Crippen molar-refractivity contribution in [2.24, 2.45) is 90.7 Å². The SMILES string of the molecule is C=C1CCC2[C@@](C)(CC[C@@H](O)[C@@]2(C)CO)C1C/C=C1/C(=O)OCC1O.C=C1CCC2[C@@](C)(CC[C@@H](O)[C@@]2(C)CO)C1CC(C1=CCOC1=O)S(=O)(=O)[O-].C=C1CCC2[C@@](C)(CC[C@@H](OC(=O)CCC(=O)[O-])[C@@]2(C)CCC(=O)CCC(=O)[O-])C1/C=C/C1=CCOC1=O.C=C1CCC2[C@@](C)(CC[C@@H](OC(=O)CCC(=O)[O-])[C@@]2(C)CCC(=O)CCC(=O)[O-])C1/C=C/C1=CCOC1=O.[H+].[K+].[K+].[Na+].[Na+]. The number of carbonyl (C=O) groups excluding carboxylic acids is 12. The third-order valence-corrected chi connectivity index (χ3v) is 33.5. The van der Waals surface area contributed by atoms with Crippen LogP contribution in [0.2, 0.25) is 0 Å². The Kier molecular flexibility index (Phi) is 45.9. The van der Waals surface area contributed by atoms with Crippen LogP contribution in [-0.2, 0) is 96.1 Å². The maximum Gasteiger partial charge on any atom is 1.00 e. The maximum atomic E-state index is 12.5. The molecule has 4 heterocycles. The Balaban J connectivity index is 0.000000374. The largest absolute Gasteiger partial charge is 1.00 e. The fraction of sp³-hybridized carbons (Fsp3) is 0.673. The van der Waals surface area contributed by atoms with E-state index in [0.29, 0.717) is 87.3 Å². The van der Waals surface area contributed by atoms with Crippen molar-refractivity contribution in [2.45, 2.75) is 284 Å². The van der Waals surface area contributed by atoms with Crippen LogP contribution in [0.15, 0.2) is 120 Å². The number of hydrogen-bond donors (Lipinski definition) is 5. The van der Waals surface area contributed by atoms with Gasteiger partial charge in [0.1, 0.15) is 66.4 Å². The van der Waals surface area contributed by atoms with Crippen LogP contribution in [0.5, 0.6) is 0 Å². The van der Waals surface area contributed by atoms with Gasteiger partial charge in [-0.15, -0.1) is 0 Å². The molecule has 133 heavy (non-hydrogen) atoms. The molecule has 12 rings (SSSR count). The molecule has 8 saturated carbocycles. The molecule has 0 bridgehead atoms. The molecule has 0 aromatic heterocycles. The molecule has 0 spiro atoms. The Hall–Kier alpha value is -3.58. The van der Waals surface area contributed by atoms with Crippen LogP contribution in [0, 0.1) is 90.7 Å². The van der Waals surface area contributed by atoms with Crippen LogP contribution in [0.3, 0.4) is 0 Å². The van der Waals surface area contributed by atoms with Gasteiger partial charge in [-0.3, -0.25) is 19.2 Å². The molecule has 22 atom stereocenters. The summed E-state index contributed by atoms with van der Waals surface area (Å²) in [6.45, 7) is 33.8. The van der Waals surface area contributed by atoms with Gasteiger partial charge in [-0.05, 0) is 229 Å². The van der Waals surface area contributed by atoms with Crippen LogP contribution >= 0.6 is 0 Å². The molecule has 8 aliphatic carbocycles. The summed E-state index contributed by atoms with van der Waals surface area (Å²) in [7, 11) is -4.77. The number of Topliss-reactive ketones (excluding diaryl/α,β-unsaturated/α-hetero) is 2. The topological polar surface area (TPSA) is 511 Å². The van der Waals surface area contributed by atoms with Crippen molar-refractivity contribution in [3.63, 3.8) is 0 Å². The van der Waals surface area contributed by atoms with Gasteiger partial charge in [-0.2, -0.15) is 0 Å². The van der Waals surface area contributed by atoms with E-state index in [4.69, 9.17) is 28.4 Å². The number of ether oxygens (including phenoxy) is 6. The van der Waals surface area contributed by atoms with Gasteiger partial charge >= 0.3 is 199 Å². The number of hydrogen-bond acceptors (Lipinski definition) is 30. The summed E-state index contributed by atoms with van der Waals surface area (Å²) in [6, 6.07) is 0. The second-order valence-electron chi connectivity index (χ2n) is 39.8. The van der Waals surface area contributed by atoms with E-state index in [1.54, 1.807) is 24.3 Å². The number of ketones is 2. The summed E-state index contributed by atoms with van der Waals surface area (Å²) in [5.74, 6) is -8.89. The Morgan fingerprint density at radius 3 is 1.17 bits per heavy atom. The van der Waals surface area contributed by atoms with Crippen molar-refractivity contribution >= 4 is 81.4 Å². The molecule has 9 fully saturated rings. The summed E-state index contributed by atoms with van der Waals surface area (Å²) in [5, 5.41) is 92.8. The molecule has 0 aromatic rings. The van der Waals surface area contributed by atoms with E-state index in [1.807, 2.05) is 52.8 Å². The first-order chi connectivity index (χ1) is 60.4. The molecule has 0 aromatic carbocycles. The molecule has 12 aliphatic rings. The molecular formula is C98H132K2Na2O30S. The van der Waals surface area contributed by atoms with Crippen molar-refractivity contribution in [1.29, 1.82) is 0 Å². The van der Waals surface area contributed by atoms with Gasteiger partial charge in [0, 0.05) is 83.1 Å². The maximum absolute atomic E-state index is 12.5. The average molecular weight is 1950 g/mol. The molecule has 30 nitrogen and oxygen atoms in total. The second-order valence-corrected chi connectivity index (χ2v) is 41.4. The number of rotatable bonds is 32. The normalized spacial score (nSPS) is 34.7. The molecule has 35 heteroatoms. The number of carboxylic acid groups (broad SMARTS) is 4. The van der Waals surface area contributed by atoms with E-state index < -0.39 is 134 Å². The minimum Gasteiger partial charge on any atom is -0.747 e. The van der Waals surface area contributed by atoms with Gasteiger partial charge in [-0.1, -0.05) is 134 Å². The van der Waals surface area contributed by atoms with E-state index >= 15 is 0 Å². The smallest absolute Gasteiger partial charge is 0.747 e. The number of aliphatic hydroxyl groups is 5. The first kappa shape index (κ1) is 120. The van der Waals surface area contributed by atoms with Crippen molar-refractivity contribution in [1.82, 2.24) is 0 Å². The number of cyclic esters (lactones) is 4. The zero-order valence-electron chi connectivity index (χ0n) is 80.8. The van der Waals surface area contributed by atoms with E-state index in [2.05, 4.69) is 47.1 Å². The van der Waals surface area contributed by atoms with Crippen LogP contribution in [0.1, 0.15) is 249 Å². The zero-order chi connectivity index (χ0) is 95.5. The molecule has 714 valence electrons. The molecule has 4 aliphatic heterocycles. The van der Waals surface area contributed by atoms with E-state index in [0.717, 1.165) is 73.7 Å². The fourth-order valence-corrected chi connectivity index (χ4v) is 25.8. The van der Waals surface area contributed by atoms with Gasteiger partial charge in [-0.25, -0.2) is 27.6 Å². The van der Waals surface area contributed by atoms with Crippen molar-refractivity contribution in [3.8, 4) is 0 Å². The predicted molar refractivity (Wildman–Crippen MR) is 459 cm³/mol. The summed E-state index contributed by atoms with van der Waals surface area (Å²) < 4.78 is 67.5. The summed E-state index contributed by atoms with van der Waals surface area (Å²) in [4.78, 5) is 141. The molecule has 1 saturated heterocycles. The number of esters is 6. The first-order valence-electron chi connectivity index (χ1n) is 45.4. The third-order valence-electron chi connectivity index (χ3n) is 32.3. The van der Waals surface area contributed by atoms with Gasteiger partial charge in [0.25, 0.3) is 0 Å². The number of aliphatic carboxylic acids is 4. The Bertz CT molecular complexity index is 4510. The quantitative estimate of drug-likeness (QED) is 0.0105. The minimum absolute atomic E-state index is 0. The van der Waals surface area contributed by atoms with Crippen LogP contribution in [-0.4, -0.2) is 185 Å². The Morgan fingerprint density at radius 2 is 0.827 bits per heavy atom. The number of fused-ring (bicyclic) bond motifs is 4. The molecule has 5 N–H and O–H groups in total. The van der Waals surface area contributed by atoms with Gasteiger partial charge in [0.05, 0.1) is 65.8 Å². The zero-order valence-corrected chi connectivity index (χ0v) is 90.9. The summed E-state index contributed by atoms with van der Waals surface area (Å²) in [6.07, 6.45) is 21.6. The van der Waals surface area contributed by atoms with E-state index in [-0.39, 0.29) is 353 Å². The Morgan fingerprint density at radius 1 is 0.474 bits per heavy atom. The number of carboxylic acids is 4. The van der Waals surface area contributed by atoms with Gasteiger partial charge in [0.15, 0.2) is 0 Å². The van der Waals surface area contributed by atoms with Crippen LogP contribution in [0.4, 0.5) is 0 Å². The summed E-state index contributed by atoms with van der Waals surface area (Å²) >= 11 is 0. The predicted octanol–water partition coefficient (Wildman–Crippen LogP) is -4.92. The third kappa shape index (κ3) is 28.1. The van der Waals surface area contributed by atoms with E-state index in [9.17, 15) is 116 Å². The molecule has 10 unspecified atom stereocenters. The minimum atomic E-state index is -4.77. The van der Waals surface area contributed by atoms with Crippen molar-refractivity contribution in [2.75, 3.05) is 39.6 Å². The standard InChI is InChI=1S/2C29H38O9.C20H30O7S.C20H30O5.2K.2Na/c2*1-18-4-8-22-28(2,21(18)7-5-19-14-17-37-27(19)36)16-13-23(38-26(35)11-10-25(33)34)29(22,3)15-12-20(30)6-9-24(31)32;1-12-4-5-16-19(2,8-6-17(22)20(16,3)11-21)14(12)10-15(28(24,25)26)13-7-9-27-18(13)23;1-12-4-7-16-19(2,9-8-17(23)20(16,3)11-21)14(12)6-5-13-15(22)10-25-18(13)24;;;;/h2*5,7,14,21-23H,1,4,6,8-13,15-17H2,2-3H3,(H,31,32)(H,33,34);7,14-17,21-22H,1,4-6,8-11H2,2-3H3,(H,24,25,26);5,14-17,21-23H,1,4,6-11H2,2-3H3;;;;/q;;;;4*+1/p-4/b2*7-5+;;13-5+;;;;/t2*21?,22?,23-,28+,29+;2*14?,15?,16?,17-,19+,20+;;;;/m1111..../s1. The monoisotopic (exact) mass is 1940 g/mol. The van der Waals surface area contributed by atoms with E-state index in [1.165, 1.54) is 6.08 Å². The first-order valence-corrected chi connectivity index (χ1v) is 46.9. The van der Waals surface area contributed by atoms with Gasteiger partial charge in [0.2, 0.25) is 0 Å². The number of carbonyl (C=O) groups is 12. The van der Waals surface area contributed by atoms with Crippen LogP contribution in [0.25, 0.3) is 0 Å². The van der Waals surface area contributed by atoms with Gasteiger partial charge < -0.3 is 98.1 Å². The second kappa shape index (κ2) is 50.9. The summed E-state index contributed by atoms with van der Waals surface area (Å²) in [5.41, 5.74) is 1.78. The molecular weight excluding hydrogens is 1810 g/mol. The molecule has 0 radical (unpaired) electrons. The van der Waals surface area contributed by atoms with Crippen LogP contribution < -0.4 is 182 Å². The Labute approximate surface area is 912 Å². The number of aliphatic hydroxyl groups excluding tert-OH is 5.